The zero-order chi connectivity index (χ0) is 24.1. The van der Waals surface area contributed by atoms with Gasteiger partial charge in [-0.2, -0.15) is 0 Å². The van der Waals surface area contributed by atoms with Crippen molar-refractivity contribution in [1.29, 1.82) is 0 Å². The highest BCUT2D eigenvalue weighted by molar-refractivity contribution is 8.00. The number of amides is 3. The molecule has 0 radical (unpaired) electrons. The first-order chi connectivity index (χ1) is 16.4. The number of thioether (sulfide) groups is 1. The van der Waals surface area contributed by atoms with Gasteiger partial charge < -0.3 is 19.2 Å². The molecule has 0 unspecified atom stereocenters. The Morgan fingerprint density at radius 1 is 1.03 bits per heavy atom. The molecule has 0 bridgehead atoms. The van der Waals surface area contributed by atoms with Gasteiger partial charge in [-0.1, -0.05) is 36.6 Å². The van der Waals surface area contributed by atoms with Crippen LogP contribution in [0, 0.1) is 6.92 Å². The number of hydrogen-bond donors (Lipinski definition) is 0. The standard InChI is InChI=1S/C25H32N4O4S/c1-18-16-21(33-26-18)25(32)29-14-12-28(13-15-29)24(31)20-10-6-7-11-22(20)34-17-23(30)27(2)19-8-4-3-5-9-19/h6-7,10-11,16,19H,3-5,8-9,12-15,17H2,1-2H3. The van der Waals surface area contributed by atoms with Gasteiger partial charge in [-0.25, -0.2) is 0 Å². The SMILES string of the molecule is Cc1cc(C(=O)N2CCN(C(=O)c3ccccc3SCC(=O)N(C)C3CCCCC3)CC2)on1. The topological polar surface area (TPSA) is 87.0 Å². The van der Waals surface area contributed by atoms with Crippen molar-refractivity contribution in [2.45, 2.75) is 50.0 Å². The fourth-order valence-corrected chi connectivity index (χ4v) is 5.55. The molecular weight excluding hydrogens is 452 g/mol. The summed E-state index contributed by atoms with van der Waals surface area (Å²) in [5.41, 5.74) is 1.26. The Bertz CT molecular complexity index is 1030. The van der Waals surface area contributed by atoms with Gasteiger partial charge in [0.05, 0.1) is 17.0 Å². The second-order valence-electron chi connectivity index (χ2n) is 9.00. The fraction of sp³-hybridized carbons (Fsp3) is 0.520. The van der Waals surface area contributed by atoms with Crippen LogP contribution in [0.3, 0.4) is 0 Å². The van der Waals surface area contributed by atoms with Gasteiger partial charge in [0.15, 0.2) is 0 Å². The molecule has 1 saturated heterocycles. The molecule has 4 rings (SSSR count). The van der Waals surface area contributed by atoms with E-state index in [4.69, 9.17) is 4.52 Å². The monoisotopic (exact) mass is 484 g/mol. The molecule has 2 aromatic rings. The number of aromatic nitrogens is 1. The average molecular weight is 485 g/mol. The summed E-state index contributed by atoms with van der Waals surface area (Å²) in [7, 11) is 1.90. The molecule has 1 aromatic heterocycles. The van der Waals surface area contributed by atoms with E-state index in [1.54, 1.807) is 22.8 Å². The lowest BCUT2D eigenvalue weighted by Crippen LogP contribution is -2.50. The number of rotatable bonds is 6. The van der Waals surface area contributed by atoms with Crippen molar-refractivity contribution in [3.8, 4) is 0 Å². The Morgan fingerprint density at radius 2 is 1.68 bits per heavy atom. The zero-order valence-electron chi connectivity index (χ0n) is 19.9. The van der Waals surface area contributed by atoms with E-state index in [1.165, 1.54) is 31.0 Å². The molecule has 1 aliphatic heterocycles. The molecule has 34 heavy (non-hydrogen) atoms. The number of carbonyl (C=O) groups excluding carboxylic acids is 3. The lowest BCUT2D eigenvalue weighted by Gasteiger charge is -2.34. The second kappa shape index (κ2) is 11.1. The van der Waals surface area contributed by atoms with E-state index in [2.05, 4.69) is 5.16 Å². The molecule has 0 N–H and O–H groups in total. The van der Waals surface area contributed by atoms with Crippen LogP contribution in [-0.4, -0.2) is 82.6 Å². The lowest BCUT2D eigenvalue weighted by molar-refractivity contribution is -0.129. The molecule has 3 amide bonds. The first kappa shape index (κ1) is 24.3. The number of piperazine rings is 1. The summed E-state index contributed by atoms with van der Waals surface area (Å²) in [6.07, 6.45) is 5.78. The van der Waals surface area contributed by atoms with Crippen LogP contribution in [0.25, 0.3) is 0 Å². The molecule has 2 aliphatic rings. The van der Waals surface area contributed by atoms with Gasteiger partial charge in [0, 0.05) is 50.2 Å². The molecule has 0 spiro atoms. The zero-order valence-corrected chi connectivity index (χ0v) is 20.7. The summed E-state index contributed by atoms with van der Waals surface area (Å²) in [6.45, 7) is 3.53. The number of hydrogen-bond acceptors (Lipinski definition) is 6. The minimum atomic E-state index is -0.204. The molecule has 9 heteroatoms. The second-order valence-corrected chi connectivity index (χ2v) is 10.0. The summed E-state index contributed by atoms with van der Waals surface area (Å²) in [6, 6.07) is 9.41. The predicted molar refractivity (Wildman–Crippen MR) is 130 cm³/mol. The molecular formula is C25H32N4O4S. The van der Waals surface area contributed by atoms with Crippen molar-refractivity contribution in [3.05, 3.63) is 47.3 Å². The van der Waals surface area contributed by atoms with Crippen LogP contribution in [0.1, 0.15) is 58.7 Å². The maximum Gasteiger partial charge on any atom is 0.292 e. The van der Waals surface area contributed by atoms with Gasteiger partial charge in [0.25, 0.3) is 11.8 Å². The highest BCUT2D eigenvalue weighted by Gasteiger charge is 2.28. The van der Waals surface area contributed by atoms with Crippen LogP contribution >= 0.6 is 11.8 Å². The molecule has 1 saturated carbocycles. The minimum Gasteiger partial charge on any atom is -0.351 e. The normalized spacial score (nSPS) is 17.0. The van der Waals surface area contributed by atoms with E-state index in [0.717, 1.165) is 17.7 Å². The summed E-state index contributed by atoms with van der Waals surface area (Å²) >= 11 is 1.42. The van der Waals surface area contributed by atoms with Crippen LogP contribution in [0.5, 0.6) is 0 Å². The number of benzene rings is 1. The molecule has 182 valence electrons. The predicted octanol–water partition coefficient (Wildman–Crippen LogP) is 3.46. The number of carbonyl (C=O) groups is 3. The molecule has 2 fully saturated rings. The van der Waals surface area contributed by atoms with E-state index in [1.807, 2.05) is 36.2 Å². The van der Waals surface area contributed by atoms with Gasteiger partial charge in [0.1, 0.15) is 0 Å². The van der Waals surface area contributed by atoms with Crippen LogP contribution < -0.4 is 0 Å². The Balaban J connectivity index is 1.33. The summed E-state index contributed by atoms with van der Waals surface area (Å²) in [4.78, 5) is 44.8. The first-order valence-corrected chi connectivity index (χ1v) is 12.9. The maximum absolute atomic E-state index is 13.3. The van der Waals surface area contributed by atoms with Gasteiger partial charge in [-0.3, -0.25) is 14.4 Å². The van der Waals surface area contributed by atoms with E-state index < -0.39 is 0 Å². The highest BCUT2D eigenvalue weighted by atomic mass is 32.2. The van der Waals surface area contributed by atoms with Crippen molar-refractivity contribution in [2.75, 3.05) is 39.0 Å². The smallest absolute Gasteiger partial charge is 0.292 e. The first-order valence-electron chi connectivity index (χ1n) is 11.9. The van der Waals surface area contributed by atoms with Gasteiger partial charge >= 0.3 is 0 Å². The van der Waals surface area contributed by atoms with E-state index >= 15 is 0 Å². The summed E-state index contributed by atoms with van der Waals surface area (Å²) < 4.78 is 5.08. The van der Waals surface area contributed by atoms with Crippen LogP contribution in [0.4, 0.5) is 0 Å². The Hall–Kier alpha value is -2.81. The van der Waals surface area contributed by atoms with Crippen LogP contribution in [0.2, 0.25) is 0 Å². The molecule has 1 aromatic carbocycles. The van der Waals surface area contributed by atoms with Gasteiger partial charge in [-0.15, -0.1) is 11.8 Å². The minimum absolute atomic E-state index is 0.0706. The third-order valence-electron chi connectivity index (χ3n) is 6.68. The maximum atomic E-state index is 13.3. The van der Waals surface area contributed by atoms with E-state index in [-0.39, 0.29) is 23.5 Å². The van der Waals surface area contributed by atoms with Crippen molar-refractivity contribution in [1.82, 2.24) is 19.9 Å². The third-order valence-corrected chi connectivity index (χ3v) is 7.74. The number of aryl methyl sites for hydroxylation is 1. The van der Waals surface area contributed by atoms with E-state index in [0.29, 0.717) is 49.2 Å². The molecule has 0 atom stereocenters. The average Bonchev–Trinajstić information content (AvgIpc) is 3.33. The van der Waals surface area contributed by atoms with Gasteiger partial charge in [0.2, 0.25) is 11.7 Å². The number of nitrogens with zero attached hydrogens (tertiary/aromatic N) is 4. The Labute approximate surface area is 204 Å². The Kier molecular flexibility index (Phi) is 7.92. The Morgan fingerprint density at radius 3 is 2.32 bits per heavy atom. The fourth-order valence-electron chi connectivity index (χ4n) is 4.59. The van der Waals surface area contributed by atoms with Gasteiger partial charge in [-0.05, 0) is 31.9 Å². The molecule has 1 aliphatic carbocycles. The van der Waals surface area contributed by atoms with E-state index in [9.17, 15) is 14.4 Å². The summed E-state index contributed by atoms with van der Waals surface area (Å²) in [5, 5.41) is 3.78. The summed E-state index contributed by atoms with van der Waals surface area (Å²) in [5.74, 6) is 0.370. The highest BCUT2D eigenvalue weighted by Crippen LogP contribution is 2.27. The van der Waals surface area contributed by atoms with Crippen LogP contribution in [-0.2, 0) is 4.79 Å². The lowest BCUT2D eigenvalue weighted by atomic mass is 9.94. The van der Waals surface area contributed by atoms with Crippen molar-refractivity contribution >= 4 is 29.5 Å². The quantitative estimate of drug-likeness (QED) is 0.584. The van der Waals surface area contributed by atoms with Crippen molar-refractivity contribution in [3.63, 3.8) is 0 Å². The third kappa shape index (κ3) is 5.63. The van der Waals surface area contributed by atoms with Crippen molar-refractivity contribution < 1.29 is 18.9 Å². The van der Waals surface area contributed by atoms with Crippen molar-refractivity contribution in [2.24, 2.45) is 0 Å². The van der Waals surface area contributed by atoms with Crippen LogP contribution in [0.15, 0.2) is 39.8 Å². The largest absolute Gasteiger partial charge is 0.351 e. The molecule has 2 heterocycles. The molecule has 8 nitrogen and oxygen atoms in total.